The maximum Gasteiger partial charge on any atom is 0.371 e. The van der Waals surface area contributed by atoms with E-state index in [9.17, 15) is 9.59 Å². The predicted molar refractivity (Wildman–Crippen MR) is 76.3 cm³/mol. The summed E-state index contributed by atoms with van der Waals surface area (Å²) in [5, 5.41) is 8.88. The van der Waals surface area contributed by atoms with Crippen LogP contribution >= 0.6 is 0 Å². The van der Waals surface area contributed by atoms with Crippen molar-refractivity contribution in [3.63, 3.8) is 0 Å². The Morgan fingerprint density at radius 3 is 2.43 bits per heavy atom. The van der Waals surface area contributed by atoms with Crippen molar-refractivity contribution in [3.8, 4) is 0 Å². The van der Waals surface area contributed by atoms with Crippen molar-refractivity contribution in [1.82, 2.24) is 4.90 Å². The van der Waals surface area contributed by atoms with Gasteiger partial charge in [-0.05, 0) is 43.7 Å². The highest BCUT2D eigenvalue weighted by Gasteiger charge is 2.36. The summed E-state index contributed by atoms with van der Waals surface area (Å²) in [4.78, 5) is 25.3. The van der Waals surface area contributed by atoms with E-state index in [2.05, 4.69) is 0 Å². The van der Waals surface area contributed by atoms with Crippen LogP contribution in [0.3, 0.4) is 0 Å². The zero-order chi connectivity index (χ0) is 14.8. The van der Waals surface area contributed by atoms with Gasteiger partial charge in [-0.1, -0.05) is 19.3 Å². The van der Waals surface area contributed by atoms with Gasteiger partial charge in [0.2, 0.25) is 5.76 Å². The smallest absolute Gasteiger partial charge is 0.371 e. The van der Waals surface area contributed by atoms with Crippen LogP contribution in [0.25, 0.3) is 0 Å². The number of likely N-dealkylation sites (tertiary alicyclic amines) is 1. The minimum absolute atomic E-state index is 0.148. The number of nitrogens with zero attached hydrogens (tertiary/aromatic N) is 1. The maximum atomic E-state index is 12.6. The van der Waals surface area contributed by atoms with Crippen molar-refractivity contribution < 1.29 is 19.1 Å². The quantitative estimate of drug-likeness (QED) is 0.928. The van der Waals surface area contributed by atoms with Crippen LogP contribution in [0.15, 0.2) is 16.5 Å². The molecule has 0 bridgehead atoms. The Hall–Kier alpha value is -1.78. The molecule has 0 aromatic carbocycles. The molecule has 1 aliphatic heterocycles. The molecule has 1 N–H and O–H groups in total. The van der Waals surface area contributed by atoms with Gasteiger partial charge in [-0.25, -0.2) is 4.79 Å². The van der Waals surface area contributed by atoms with E-state index in [1.807, 2.05) is 4.90 Å². The minimum atomic E-state index is -1.14. The van der Waals surface area contributed by atoms with Crippen LogP contribution in [0.2, 0.25) is 0 Å². The fourth-order valence-electron chi connectivity index (χ4n) is 3.76. The second-order valence-corrected chi connectivity index (χ2v) is 6.08. The molecule has 1 aliphatic carbocycles. The summed E-state index contributed by atoms with van der Waals surface area (Å²) >= 11 is 0. The molecule has 114 valence electrons. The molecule has 0 spiro atoms. The molecule has 5 heteroatoms. The number of carboxylic acid groups (broad SMARTS) is 1. The molecule has 1 saturated heterocycles. The number of hydrogen-bond acceptors (Lipinski definition) is 3. The molecule has 2 aliphatic rings. The number of hydrogen-bond donors (Lipinski definition) is 1. The van der Waals surface area contributed by atoms with Crippen molar-refractivity contribution in [3.05, 3.63) is 23.7 Å². The molecule has 0 radical (unpaired) electrons. The highest BCUT2D eigenvalue weighted by atomic mass is 16.4. The van der Waals surface area contributed by atoms with E-state index in [1.165, 1.54) is 44.2 Å². The zero-order valence-electron chi connectivity index (χ0n) is 12.1. The molecule has 1 amide bonds. The Morgan fingerprint density at radius 1 is 1.05 bits per heavy atom. The number of carboxylic acids is 1. The summed E-state index contributed by atoms with van der Waals surface area (Å²) in [6, 6.07) is 3.12. The van der Waals surface area contributed by atoms with Gasteiger partial charge in [0.05, 0.1) is 0 Å². The fraction of sp³-hybridized carbons (Fsp3) is 0.625. The predicted octanol–water partition coefficient (Wildman–Crippen LogP) is 3.16. The lowest BCUT2D eigenvalue weighted by atomic mass is 9.83. The summed E-state index contributed by atoms with van der Waals surface area (Å²) in [6.07, 6.45) is 8.31. The minimum Gasteiger partial charge on any atom is -0.475 e. The molecule has 1 aromatic rings. The van der Waals surface area contributed by atoms with Crippen LogP contribution < -0.4 is 0 Å². The van der Waals surface area contributed by atoms with E-state index in [0.29, 0.717) is 12.0 Å². The highest BCUT2D eigenvalue weighted by molar-refractivity contribution is 5.93. The van der Waals surface area contributed by atoms with Gasteiger partial charge in [0.1, 0.15) is 0 Å². The van der Waals surface area contributed by atoms with Crippen LogP contribution in [0.4, 0.5) is 0 Å². The largest absolute Gasteiger partial charge is 0.475 e. The molecule has 1 aromatic heterocycles. The van der Waals surface area contributed by atoms with E-state index < -0.39 is 5.97 Å². The van der Waals surface area contributed by atoms with Crippen LogP contribution in [-0.2, 0) is 0 Å². The van der Waals surface area contributed by atoms with Gasteiger partial charge in [-0.3, -0.25) is 4.79 Å². The Kier molecular flexibility index (Phi) is 3.99. The monoisotopic (exact) mass is 291 g/mol. The third-order valence-corrected chi connectivity index (χ3v) is 4.78. The van der Waals surface area contributed by atoms with Gasteiger partial charge in [-0.2, -0.15) is 0 Å². The molecular weight excluding hydrogens is 270 g/mol. The Bertz CT molecular complexity index is 530. The van der Waals surface area contributed by atoms with Crippen LogP contribution in [0.1, 0.15) is 66.1 Å². The van der Waals surface area contributed by atoms with Crippen molar-refractivity contribution in [1.29, 1.82) is 0 Å². The summed E-state index contributed by atoms with van der Waals surface area (Å²) in [5.41, 5.74) is 0. The number of amides is 1. The SMILES string of the molecule is O=C(O)c1ccc(C(=O)N2CCCC2C2CCCCC2)o1. The van der Waals surface area contributed by atoms with Crippen LogP contribution in [-0.4, -0.2) is 34.5 Å². The first-order valence-electron chi connectivity index (χ1n) is 7.81. The average molecular weight is 291 g/mol. The normalized spacial score (nSPS) is 23.4. The summed E-state index contributed by atoms with van der Waals surface area (Å²) in [6.45, 7) is 0.753. The number of aromatic carboxylic acids is 1. The molecular formula is C16H21NO4. The molecule has 1 atom stereocenters. The lowest BCUT2D eigenvalue weighted by Gasteiger charge is -2.33. The molecule has 5 nitrogen and oxygen atoms in total. The van der Waals surface area contributed by atoms with Gasteiger partial charge in [0, 0.05) is 12.6 Å². The first-order chi connectivity index (χ1) is 10.2. The summed E-state index contributed by atoms with van der Waals surface area (Å²) in [7, 11) is 0. The van der Waals surface area contributed by atoms with Crippen LogP contribution in [0.5, 0.6) is 0 Å². The van der Waals surface area contributed by atoms with E-state index in [1.54, 1.807) is 0 Å². The Morgan fingerprint density at radius 2 is 1.76 bits per heavy atom. The van der Waals surface area contributed by atoms with Gasteiger partial charge in [0.15, 0.2) is 5.76 Å². The van der Waals surface area contributed by atoms with Crippen molar-refractivity contribution in [2.45, 2.75) is 51.0 Å². The maximum absolute atomic E-state index is 12.6. The van der Waals surface area contributed by atoms with Crippen molar-refractivity contribution in [2.75, 3.05) is 6.54 Å². The number of rotatable bonds is 3. The second kappa shape index (κ2) is 5.92. The fourth-order valence-corrected chi connectivity index (χ4v) is 3.76. The number of furan rings is 1. The Labute approximate surface area is 123 Å². The first kappa shape index (κ1) is 14.2. The molecule has 21 heavy (non-hydrogen) atoms. The Balaban J connectivity index is 1.74. The lowest BCUT2D eigenvalue weighted by Crippen LogP contribution is -2.40. The van der Waals surface area contributed by atoms with Crippen molar-refractivity contribution >= 4 is 11.9 Å². The van der Waals surface area contributed by atoms with Gasteiger partial charge >= 0.3 is 5.97 Å². The van der Waals surface area contributed by atoms with E-state index in [4.69, 9.17) is 9.52 Å². The van der Waals surface area contributed by atoms with Crippen molar-refractivity contribution in [2.24, 2.45) is 5.92 Å². The second-order valence-electron chi connectivity index (χ2n) is 6.08. The molecule has 3 rings (SSSR count). The van der Waals surface area contributed by atoms with Gasteiger partial charge in [-0.15, -0.1) is 0 Å². The third kappa shape index (κ3) is 2.82. The van der Waals surface area contributed by atoms with E-state index >= 15 is 0 Å². The van der Waals surface area contributed by atoms with Gasteiger partial charge in [0.25, 0.3) is 5.91 Å². The van der Waals surface area contributed by atoms with E-state index in [-0.39, 0.29) is 17.4 Å². The number of carbonyl (C=O) groups is 2. The molecule has 1 unspecified atom stereocenters. The van der Waals surface area contributed by atoms with Crippen LogP contribution in [0, 0.1) is 5.92 Å². The summed E-state index contributed by atoms with van der Waals surface area (Å²) in [5.74, 6) is -0.726. The molecule has 2 heterocycles. The molecule has 2 fully saturated rings. The topological polar surface area (TPSA) is 70.8 Å². The highest BCUT2D eigenvalue weighted by Crippen LogP contribution is 2.35. The average Bonchev–Trinajstić information content (AvgIpc) is 3.17. The standard InChI is InChI=1S/C16H21NO4/c18-15(13-8-9-14(21-13)16(19)20)17-10-4-7-12(17)11-5-2-1-3-6-11/h8-9,11-12H,1-7,10H2,(H,19,20). The molecule has 1 saturated carbocycles. The first-order valence-corrected chi connectivity index (χ1v) is 7.81. The lowest BCUT2D eigenvalue weighted by molar-refractivity contribution is 0.0611. The number of carbonyl (C=O) groups excluding carboxylic acids is 1. The third-order valence-electron chi connectivity index (χ3n) is 4.78. The zero-order valence-corrected chi connectivity index (χ0v) is 12.1. The van der Waals surface area contributed by atoms with Gasteiger partial charge < -0.3 is 14.4 Å². The summed E-state index contributed by atoms with van der Waals surface area (Å²) < 4.78 is 5.16. The van der Waals surface area contributed by atoms with E-state index in [0.717, 1.165) is 19.4 Å².